The van der Waals surface area contributed by atoms with Crippen LogP contribution in [0.4, 0.5) is 5.69 Å². The molecule has 1 aromatic carbocycles. The average molecular weight is 289 g/mol. The third-order valence-electron chi connectivity index (χ3n) is 2.68. The number of hydrogen-bond acceptors (Lipinski definition) is 5. The van der Waals surface area contributed by atoms with Gasteiger partial charge in [-0.2, -0.15) is 5.10 Å². The van der Waals surface area contributed by atoms with Gasteiger partial charge in [-0.05, 0) is 30.3 Å². The first-order valence-corrected chi connectivity index (χ1v) is 6.09. The highest BCUT2D eigenvalue weighted by Gasteiger charge is 2.09. The van der Waals surface area contributed by atoms with Crippen LogP contribution >= 0.6 is 0 Å². The van der Waals surface area contributed by atoms with Crippen molar-refractivity contribution in [3.63, 3.8) is 0 Å². The van der Waals surface area contributed by atoms with Crippen molar-refractivity contribution in [3.8, 4) is 5.75 Å². The highest BCUT2D eigenvalue weighted by molar-refractivity contribution is 6.03. The molecule has 0 aliphatic carbocycles. The standard InChI is InChI=1S/C13H15N5O3/c1-18-11(6-7-15-18)13(19)16-9-2-4-10(5-3-9)21-8-12(14)17-20/h2-7,20H,8H2,1H3,(H2,14,17)(H,16,19). The molecular formula is C13H15N5O3. The Morgan fingerprint density at radius 2 is 2.14 bits per heavy atom. The lowest BCUT2D eigenvalue weighted by molar-refractivity contribution is 0.101. The van der Waals surface area contributed by atoms with E-state index in [-0.39, 0.29) is 18.3 Å². The fourth-order valence-electron chi connectivity index (χ4n) is 1.61. The van der Waals surface area contributed by atoms with Crippen LogP contribution in [0, 0.1) is 0 Å². The third kappa shape index (κ3) is 3.72. The van der Waals surface area contributed by atoms with E-state index in [9.17, 15) is 4.79 Å². The van der Waals surface area contributed by atoms with Crippen LogP contribution in [-0.2, 0) is 7.05 Å². The van der Waals surface area contributed by atoms with E-state index >= 15 is 0 Å². The number of aryl methyl sites for hydroxylation is 1. The molecule has 110 valence electrons. The number of amides is 1. The Labute approximate surface area is 120 Å². The Kier molecular flexibility index (Phi) is 4.39. The highest BCUT2D eigenvalue weighted by Crippen LogP contribution is 2.16. The van der Waals surface area contributed by atoms with E-state index in [2.05, 4.69) is 15.6 Å². The second-order valence-electron chi connectivity index (χ2n) is 4.20. The average Bonchev–Trinajstić information content (AvgIpc) is 2.92. The SMILES string of the molecule is Cn1nccc1C(=O)Nc1ccc(OCC(N)=NO)cc1. The van der Waals surface area contributed by atoms with Gasteiger partial charge in [-0.15, -0.1) is 0 Å². The molecule has 0 unspecified atom stereocenters. The van der Waals surface area contributed by atoms with Gasteiger partial charge in [-0.25, -0.2) is 0 Å². The van der Waals surface area contributed by atoms with Gasteiger partial charge >= 0.3 is 0 Å². The molecule has 0 atom stereocenters. The minimum atomic E-state index is -0.250. The smallest absolute Gasteiger partial charge is 0.273 e. The van der Waals surface area contributed by atoms with Gasteiger partial charge in [0.2, 0.25) is 0 Å². The van der Waals surface area contributed by atoms with E-state index in [0.717, 1.165) is 0 Å². The van der Waals surface area contributed by atoms with Gasteiger partial charge in [0.25, 0.3) is 5.91 Å². The molecule has 0 radical (unpaired) electrons. The maximum atomic E-state index is 12.0. The molecule has 0 bridgehead atoms. The maximum Gasteiger partial charge on any atom is 0.273 e. The number of benzene rings is 1. The molecule has 0 aliphatic heterocycles. The van der Waals surface area contributed by atoms with Crippen LogP contribution in [0.2, 0.25) is 0 Å². The number of carbonyl (C=O) groups excluding carboxylic acids is 1. The molecule has 1 heterocycles. The number of anilines is 1. The van der Waals surface area contributed by atoms with Gasteiger partial charge in [0.15, 0.2) is 5.84 Å². The van der Waals surface area contributed by atoms with E-state index in [1.807, 2.05) is 0 Å². The van der Waals surface area contributed by atoms with Crippen LogP contribution in [0.5, 0.6) is 5.75 Å². The van der Waals surface area contributed by atoms with Crippen molar-refractivity contribution >= 4 is 17.4 Å². The van der Waals surface area contributed by atoms with Gasteiger partial charge in [-0.1, -0.05) is 5.16 Å². The van der Waals surface area contributed by atoms with Crippen molar-refractivity contribution in [1.29, 1.82) is 0 Å². The number of rotatable bonds is 5. The van der Waals surface area contributed by atoms with Gasteiger partial charge < -0.3 is 21.0 Å². The molecular weight excluding hydrogens is 274 g/mol. The number of nitrogens with one attached hydrogen (secondary N) is 1. The molecule has 4 N–H and O–H groups in total. The zero-order chi connectivity index (χ0) is 15.2. The summed E-state index contributed by atoms with van der Waals surface area (Å²) in [5.74, 6) is 0.268. The molecule has 8 heteroatoms. The fourth-order valence-corrected chi connectivity index (χ4v) is 1.61. The summed E-state index contributed by atoms with van der Waals surface area (Å²) >= 11 is 0. The molecule has 2 aromatic rings. The number of carbonyl (C=O) groups is 1. The van der Waals surface area contributed by atoms with Crippen molar-refractivity contribution < 1.29 is 14.7 Å². The topological polar surface area (TPSA) is 115 Å². The normalized spacial score (nSPS) is 11.2. The summed E-state index contributed by atoms with van der Waals surface area (Å²) in [6.07, 6.45) is 1.55. The van der Waals surface area contributed by atoms with Crippen molar-refractivity contribution in [2.24, 2.45) is 17.9 Å². The molecule has 21 heavy (non-hydrogen) atoms. The van der Waals surface area contributed by atoms with Gasteiger partial charge in [0.1, 0.15) is 18.1 Å². The lowest BCUT2D eigenvalue weighted by Gasteiger charge is -2.08. The zero-order valence-corrected chi connectivity index (χ0v) is 11.4. The minimum absolute atomic E-state index is 0.0166. The molecule has 0 saturated carbocycles. The van der Waals surface area contributed by atoms with Crippen molar-refractivity contribution in [1.82, 2.24) is 9.78 Å². The molecule has 1 amide bonds. The summed E-state index contributed by atoms with van der Waals surface area (Å²) in [5, 5.41) is 17.9. The van der Waals surface area contributed by atoms with E-state index in [1.165, 1.54) is 4.68 Å². The number of nitrogens with zero attached hydrogens (tertiary/aromatic N) is 3. The molecule has 0 saturated heterocycles. The molecule has 8 nitrogen and oxygen atoms in total. The largest absolute Gasteiger partial charge is 0.486 e. The Hall–Kier alpha value is -3.03. The summed E-state index contributed by atoms with van der Waals surface area (Å²) < 4.78 is 6.76. The number of oxime groups is 1. The Morgan fingerprint density at radius 3 is 2.71 bits per heavy atom. The lowest BCUT2D eigenvalue weighted by atomic mass is 10.3. The predicted molar refractivity (Wildman–Crippen MR) is 76.5 cm³/mol. The van der Waals surface area contributed by atoms with Crippen molar-refractivity contribution in [3.05, 3.63) is 42.2 Å². The molecule has 1 aromatic heterocycles. The van der Waals surface area contributed by atoms with Crippen LogP contribution in [0.1, 0.15) is 10.5 Å². The quantitative estimate of drug-likeness (QED) is 0.326. The second kappa shape index (κ2) is 6.42. The van der Waals surface area contributed by atoms with E-state index < -0.39 is 0 Å². The van der Waals surface area contributed by atoms with Crippen molar-refractivity contribution in [2.45, 2.75) is 0 Å². The number of hydrogen-bond donors (Lipinski definition) is 3. The highest BCUT2D eigenvalue weighted by atomic mass is 16.5. The summed E-state index contributed by atoms with van der Waals surface area (Å²) in [4.78, 5) is 12.0. The van der Waals surface area contributed by atoms with Crippen LogP contribution in [0.15, 0.2) is 41.7 Å². The number of ether oxygens (including phenoxy) is 1. The minimum Gasteiger partial charge on any atom is -0.486 e. The number of nitrogens with two attached hydrogens (primary N) is 1. The Balaban J connectivity index is 1.96. The van der Waals surface area contributed by atoms with Crippen LogP contribution in [0.25, 0.3) is 0 Å². The zero-order valence-electron chi connectivity index (χ0n) is 11.4. The third-order valence-corrected chi connectivity index (χ3v) is 2.68. The molecule has 0 aliphatic rings. The lowest BCUT2D eigenvalue weighted by Crippen LogP contribution is -2.20. The first-order chi connectivity index (χ1) is 10.1. The van der Waals surface area contributed by atoms with Gasteiger partial charge in [0, 0.05) is 18.9 Å². The Morgan fingerprint density at radius 1 is 1.43 bits per heavy atom. The number of aromatic nitrogens is 2. The maximum absolute atomic E-state index is 12.0. The summed E-state index contributed by atoms with van der Waals surface area (Å²) in [6, 6.07) is 8.35. The summed E-state index contributed by atoms with van der Waals surface area (Å²) in [6.45, 7) is -0.0166. The van der Waals surface area contributed by atoms with Gasteiger partial charge in [0.05, 0.1) is 0 Å². The summed E-state index contributed by atoms with van der Waals surface area (Å²) in [7, 11) is 1.69. The van der Waals surface area contributed by atoms with E-state index in [4.69, 9.17) is 15.7 Å². The molecule has 0 fully saturated rings. The second-order valence-corrected chi connectivity index (χ2v) is 4.20. The summed E-state index contributed by atoms with van der Waals surface area (Å²) in [5.41, 5.74) is 6.38. The van der Waals surface area contributed by atoms with Crippen LogP contribution < -0.4 is 15.8 Å². The predicted octanol–water partition coefficient (Wildman–Crippen LogP) is 0.798. The fraction of sp³-hybridized carbons (Fsp3) is 0.154. The monoisotopic (exact) mass is 289 g/mol. The van der Waals surface area contributed by atoms with E-state index in [0.29, 0.717) is 17.1 Å². The van der Waals surface area contributed by atoms with Crippen LogP contribution in [0.3, 0.4) is 0 Å². The van der Waals surface area contributed by atoms with E-state index in [1.54, 1.807) is 43.6 Å². The molecule has 2 rings (SSSR count). The Bertz CT molecular complexity index is 648. The van der Waals surface area contributed by atoms with Crippen LogP contribution in [-0.4, -0.2) is 33.3 Å². The number of amidine groups is 1. The first-order valence-electron chi connectivity index (χ1n) is 6.09. The van der Waals surface area contributed by atoms with Crippen molar-refractivity contribution in [2.75, 3.05) is 11.9 Å². The van der Waals surface area contributed by atoms with Gasteiger partial charge in [-0.3, -0.25) is 9.48 Å². The first kappa shape index (κ1) is 14.4. The molecule has 0 spiro atoms.